The van der Waals surface area contributed by atoms with Gasteiger partial charge in [-0.1, -0.05) is 13.3 Å². The quantitative estimate of drug-likeness (QED) is 0.838. The third-order valence-electron chi connectivity index (χ3n) is 5.25. The van der Waals surface area contributed by atoms with Crippen molar-refractivity contribution in [3.63, 3.8) is 0 Å². The smallest absolute Gasteiger partial charge is 0.276 e. The van der Waals surface area contributed by atoms with Crippen LogP contribution in [0, 0.1) is 5.92 Å². The second-order valence-electron chi connectivity index (χ2n) is 6.53. The van der Waals surface area contributed by atoms with Crippen LogP contribution < -0.4 is 0 Å². The first-order valence-corrected chi connectivity index (χ1v) is 8.66. The summed E-state index contributed by atoms with van der Waals surface area (Å²) in [6, 6.07) is 0.419. The Morgan fingerprint density at radius 1 is 1.21 bits per heavy atom. The third-order valence-corrected chi connectivity index (χ3v) is 5.25. The normalized spacial score (nSPS) is 25.5. The van der Waals surface area contributed by atoms with E-state index in [4.69, 9.17) is 4.74 Å². The zero-order valence-corrected chi connectivity index (χ0v) is 14.0. The molecule has 2 aromatic rings. The fourth-order valence-corrected chi connectivity index (χ4v) is 3.90. The number of aromatic nitrogens is 3. The van der Waals surface area contributed by atoms with Gasteiger partial charge in [-0.05, 0) is 5.92 Å². The average molecular weight is 329 g/mol. The Labute approximate surface area is 141 Å². The Hall–Kier alpha value is -1.99. The number of carbonyl (C=O) groups is 1. The van der Waals surface area contributed by atoms with Crippen molar-refractivity contribution in [3.05, 3.63) is 30.5 Å². The molecular weight excluding hydrogens is 306 g/mol. The summed E-state index contributed by atoms with van der Waals surface area (Å²) < 4.78 is 7.31. The number of nitrogens with zero attached hydrogens (tertiary/aromatic N) is 5. The lowest BCUT2D eigenvalue weighted by atomic mass is 9.99. The summed E-state index contributed by atoms with van der Waals surface area (Å²) in [5, 5.41) is 0. The molecule has 2 aliphatic rings. The molecular formula is C17H23N5O2. The second-order valence-corrected chi connectivity index (χ2v) is 6.53. The lowest BCUT2D eigenvalue weighted by Crippen LogP contribution is -2.47. The Morgan fingerprint density at radius 2 is 1.96 bits per heavy atom. The predicted molar refractivity (Wildman–Crippen MR) is 88.9 cm³/mol. The monoisotopic (exact) mass is 329 g/mol. The first-order valence-electron chi connectivity index (χ1n) is 8.66. The molecule has 1 amide bonds. The molecule has 128 valence electrons. The minimum absolute atomic E-state index is 0.0130. The van der Waals surface area contributed by atoms with E-state index in [0.29, 0.717) is 23.3 Å². The first kappa shape index (κ1) is 15.5. The van der Waals surface area contributed by atoms with Crippen LogP contribution in [0.5, 0.6) is 0 Å². The topological polar surface area (TPSA) is 63.0 Å². The first-order chi connectivity index (χ1) is 11.8. The van der Waals surface area contributed by atoms with E-state index >= 15 is 0 Å². The van der Waals surface area contributed by atoms with Crippen molar-refractivity contribution in [1.82, 2.24) is 24.2 Å². The van der Waals surface area contributed by atoms with Crippen molar-refractivity contribution in [2.45, 2.75) is 19.4 Å². The van der Waals surface area contributed by atoms with Gasteiger partial charge in [-0.3, -0.25) is 9.69 Å². The highest BCUT2D eigenvalue weighted by molar-refractivity contribution is 5.97. The van der Waals surface area contributed by atoms with Crippen molar-refractivity contribution < 1.29 is 9.53 Å². The molecule has 4 heterocycles. The number of rotatable bonds is 3. The van der Waals surface area contributed by atoms with Crippen LogP contribution in [0.15, 0.2) is 24.8 Å². The summed E-state index contributed by atoms with van der Waals surface area (Å²) in [6.45, 7) is 7.25. The molecule has 0 aliphatic carbocycles. The maximum atomic E-state index is 13.0. The van der Waals surface area contributed by atoms with E-state index in [2.05, 4.69) is 21.8 Å². The Bertz CT molecular complexity index is 725. The molecule has 7 nitrogen and oxygen atoms in total. The number of fused-ring (bicyclic) bond motifs is 1. The molecule has 0 aromatic carbocycles. The van der Waals surface area contributed by atoms with Gasteiger partial charge in [-0.25, -0.2) is 9.97 Å². The SMILES string of the molecule is CC[C@@H]1CN(C(=O)c2nccn3ccnc23)C[C@H]1N1CCOCC1. The fraction of sp³-hybridized carbons (Fsp3) is 0.588. The van der Waals surface area contributed by atoms with E-state index in [9.17, 15) is 4.79 Å². The molecule has 0 unspecified atom stereocenters. The van der Waals surface area contributed by atoms with Crippen LogP contribution in [0.1, 0.15) is 23.8 Å². The number of morpholine rings is 1. The zero-order valence-electron chi connectivity index (χ0n) is 14.0. The van der Waals surface area contributed by atoms with Gasteiger partial charge >= 0.3 is 0 Å². The highest BCUT2D eigenvalue weighted by Crippen LogP contribution is 2.27. The molecule has 24 heavy (non-hydrogen) atoms. The summed E-state index contributed by atoms with van der Waals surface area (Å²) in [7, 11) is 0. The van der Waals surface area contributed by atoms with Gasteiger partial charge in [0.05, 0.1) is 13.2 Å². The number of carbonyl (C=O) groups excluding carboxylic acids is 1. The maximum absolute atomic E-state index is 13.0. The van der Waals surface area contributed by atoms with Gasteiger partial charge in [0.1, 0.15) is 0 Å². The van der Waals surface area contributed by atoms with Gasteiger partial charge in [0, 0.05) is 57.0 Å². The molecule has 0 saturated carbocycles. The number of likely N-dealkylation sites (tertiary alicyclic amines) is 1. The van der Waals surface area contributed by atoms with Crippen LogP contribution in [0.2, 0.25) is 0 Å². The fourth-order valence-electron chi connectivity index (χ4n) is 3.90. The molecule has 4 rings (SSSR count). The third kappa shape index (κ3) is 2.67. The van der Waals surface area contributed by atoms with Gasteiger partial charge in [-0.15, -0.1) is 0 Å². The summed E-state index contributed by atoms with van der Waals surface area (Å²) in [4.78, 5) is 26.0. The molecule has 2 aromatic heterocycles. The number of amides is 1. The van der Waals surface area contributed by atoms with Gasteiger partial charge in [-0.2, -0.15) is 0 Å². The van der Waals surface area contributed by atoms with E-state index in [1.165, 1.54) is 0 Å². The maximum Gasteiger partial charge on any atom is 0.276 e. The molecule has 0 bridgehead atoms. The van der Waals surface area contributed by atoms with Crippen LogP contribution in [0.4, 0.5) is 0 Å². The Morgan fingerprint density at radius 3 is 2.71 bits per heavy atom. The van der Waals surface area contributed by atoms with E-state index in [0.717, 1.165) is 45.8 Å². The number of ether oxygens (including phenoxy) is 1. The summed E-state index contributed by atoms with van der Waals surface area (Å²) in [5.41, 5.74) is 1.07. The lowest BCUT2D eigenvalue weighted by Gasteiger charge is -2.34. The molecule has 2 saturated heterocycles. The summed E-state index contributed by atoms with van der Waals surface area (Å²) in [5.74, 6) is 0.493. The van der Waals surface area contributed by atoms with E-state index < -0.39 is 0 Å². The molecule has 0 spiro atoms. The highest BCUT2D eigenvalue weighted by atomic mass is 16.5. The van der Waals surface area contributed by atoms with Crippen LogP contribution in [0.3, 0.4) is 0 Å². The van der Waals surface area contributed by atoms with E-state index in [-0.39, 0.29) is 5.91 Å². The Balaban J connectivity index is 1.56. The van der Waals surface area contributed by atoms with Crippen molar-refractivity contribution in [3.8, 4) is 0 Å². The van der Waals surface area contributed by atoms with Crippen molar-refractivity contribution in [2.24, 2.45) is 5.92 Å². The van der Waals surface area contributed by atoms with E-state index in [1.54, 1.807) is 12.4 Å². The average Bonchev–Trinajstić information content (AvgIpc) is 3.28. The van der Waals surface area contributed by atoms with Gasteiger partial charge in [0.25, 0.3) is 5.91 Å². The molecule has 2 fully saturated rings. The standard InChI is InChI=1S/C17H23N5O2/c1-2-13-11-22(12-14(13)20-7-9-24-10-8-20)17(23)15-16-19-4-6-21(16)5-3-18-15/h3-6,13-14H,2,7-12H2,1H3/t13-,14-/m1/s1. The highest BCUT2D eigenvalue weighted by Gasteiger charge is 2.39. The number of hydrogen-bond acceptors (Lipinski definition) is 5. The van der Waals surface area contributed by atoms with Crippen LogP contribution in [-0.4, -0.2) is 75.5 Å². The second kappa shape index (κ2) is 6.49. The van der Waals surface area contributed by atoms with Crippen LogP contribution in [0.25, 0.3) is 5.65 Å². The van der Waals surface area contributed by atoms with Crippen LogP contribution in [-0.2, 0) is 4.74 Å². The lowest BCUT2D eigenvalue weighted by molar-refractivity contribution is 0.0102. The molecule has 2 atom stereocenters. The van der Waals surface area contributed by atoms with E-state index in [1.807, 2.05) is 21.7 Å². The Kier molecular flexibility index (Phi) is 4.20. The van der Waals surface area contributed by atoms with Gasteiger partial charge < -0.3 is 14.0 Å². The molecule has 7 heteroatoms. The number of hydrogen-bond donors (Lipinski definition) is 0. The summed E-state index contributed by atoms with van der Waals surface area (Å²) in [6.07, 6.45) is 8.09. The van der Waals surface area contributed by atoms with Crippen molar-refractivity contribution in [2.75, 3.05) is 39.4 Å². The zero-order chi connectivity index (χ0) is 16.5. The summed E-state index contributed by atoms with van der Waals surface area (Å²) >= 11 is 0. The van der Waals surface area contributed by atoms with Crippen LogP contribution >= 0.6 is 0 Å². The number of imidazole rings is 1. The van der Waals surface area contributed by atoms with Crippen molar-refractivity contribution >= 4 is 11.6 Å². The van der Waals surface area contributed by atoms with Gasteiger partial charge in [0.15, 0.2) is 11.3 Å². The van der Waals surface area contributed by atoms with Gasteiger partial charge in [0.2, 0.25) is 0 Å². The predicted octanol–water partition coefficient (Wildman–Crippen LogP) is 0.912. The largest absolute Gasteiger partial charge is 0.379 e. The minimum atomic E-state index is -0.0130. The minimum Gasteiger partial charge on any atom is -0.379 e. The molecule has 2 aliphatic heterocycles. The molecule has 0 radical (unpaired) electrons. The van der Waals surface area contributed by atoms with Crippen molar-refractivity contribution in [1.29, 1.82) is 0 Å². The molecule has 0 N–H and O–H groups in total.